The van der Waals surface area contributed by atoms with Crippen LogP contribution in [0.4, 0.5) is 10.3 Å². The zero-order valence-electron chi connectivity index (χ0n) is 16.7. The predicted molar refractivity (Wildman–Crippen MR) is 119 cm³/mol. The summed E-state index contributed by atoms with van der Waals surface area (Å²) in [5.41, 5.74) is 3.93. The lowest BCUT2D eigenvalue weighted by atomic mass is 10.1. The molecular formula is C22H22FN5OS. The van der Waals surface area contributed by atoms with Crippen molar-refractivity contribution in [1.82, 2.24) is 20.3 Å². The van der Waals surface area contributed by atoms with Gasteiger partial charge < -0.3 is 15.0 Å². The van der Waals surface area contributed by atoms with Crippen LogP contribution in [-0.4, -0.2) is 54.4 Å². The maximum atomic E-state index is 12.8. The number of benzene rings is 1. The summed E-state index contributed by atoms with van der Waals surface area (Å²) in [5.74, 6) is 1.07. The van der Waals surface area contributed by atoms with E-state index >= 15 is 0 Å². The Morgan fingerprint density at radius 1 is 1.13 bits per heavy atom. The Morgan fingerprint density at radius 2 is 1.93 bits per heavy atom. The molecule has 1 aromatic carbocycles. The first-order chi connectivity index (χ1) is 14.7. The second-order valence-corrected chi connectivity index (χ2v) is 8.25. The van der Waals surface area contributed by atoms with Crippen LogP contribution in [0.2, 0.25) is 0 Å². The Bertz CT molecular complexity index is 1190. The van der Waals surface area contributed by atoms with Crippen molar-refractivity contribution in [1.29, 1.82) is 0 Å². The second-order valence-electron chi connectivity index (χ2n) is 7.25. The lowest BCUT2D eigenvalue weighted by Gasteiger charge is -2.27. The van der Waals surface area contributed by atoms with Gasteiger partial charge in [0.15, 0.2) is 0 Å². The highest BCUT2D eigenvalue weighted by molar-refractivity contribution is 7.25. The van der Waals surface area contributed by atoms with E-state index in [1.54, 1.807) is 0 Å². The van der Waals surface area contributed by atoms with Crippen molar-refractivity contribution >= 4 is 37.7 Å². The van der Waals surface area contributed by atoms with Crippen LogP contribution in [0.1, 0.15) is 5.56 Å². The van der Waals surface area contributed by atoms with Crippen molar-refractivity contribution < 1.29 is 9.13 Å². The highest BCUT2D eigenvalue weighted by Crippen LogP contribution is 2.40. The molecule has 0 unspecified atom stereocenters. The number of alkyl halides is 1. The van der Waals surface area contributed by atoms with Crippen LogP contribution in [-0.2, 0) is 0 Å². The van der Waals surface area contributed by atoms with Crippen LogP contribution < -0.4 is 15.0 Å². The van der Waals surface area contributed by atoms with E-state index in [-0.39, 0.29) is 6.61 Å². The van der Waals surface area contributed by atoms with Gasteiger partial charge in [0.1, 0.15) is 28.3 Å². The van der Waals surface area contributed by atoms with E-state index in [0.717, 1.165) is 63.4 Å². The van der Waals surface area contributed by atoms with Crippen molar-refractivity contribution in [2.45, 2.75) is 6.92 Å². The van der Waals surface area contributed by atoms with Crippen LogP contribution in [0.15, 0.2) is 36.4 Å². The van der Waals surface area contributed by atoms with E-state index in [1.165, 1.54) is 11.3 Å². The molecule has 1 N–H and O–H groups in total. The molecule has 1 fully saturated rings. The van der Waals surface area contributed by atoms with Gasteiger partial charge in [-0.3, -0.25) is 0 Å². The van der Waals surface area contributed by atoms with Gasteiger partial charge in [-0.15, -0.1) is 11.3 Å². The molecule has 3 aromatic heterocycles. The summed E-state index contributed by atoms with van der Waals surface area (Å²) in [6.07, 6.45) is 0. The number of nitrogens with zero attached hydrogens (tertiary/aromatic N) is 4. The van der Waals surface area contributed by atoms with Gasteiger partial charge in [0.2, 0.25) is 11.8 Å². The number of pyridine rings is 1. The molecule has 6 nitrogen and oxygen atoms in total. The van der Waals surface area contributed by atoms with Gasteiger partial charge in [-0.05, 0) is 18.6 Å². The third kappa shape index (κ3) is 3.46. The molecule has 154 valence electrons. The Morgan fingerprint density at radius 3 is 2.70 bits per heavy atom. The SMILES string of the molecule is Cc1cc(-c2ccccc2)nc2sc3c(OCCF)nc(N4CCNCC4)nc3c12. The number of aromatic nitrogens is 3. The number of hydrogen-bond donors (Lipinski definition) is 1. The van der Waals surface area contributed by atoms with Crippen molar-refractivity contribution in [2.24, 2.45) is 0 Å². The first kappa shape index (κ1) is 19.1. The van der Waals surface area contributed by atoms with Crippen LogP contribution in [0, 0.1) is 6.92 Å². The standard InChI is InChI=1S/C22H22FN5OS/c1-14-13-16(15-5-3-2-4-6-15)25-21-17(14)18-19(30-21)20(29-12-7-23)27-22(26-18)28-10-8-24-9-11-28/h2-6,13,24H,7-12H2,1H3. The Labute approximate surface area is 177 Å². The number of fused-ring (bicyclic) bond motifs is 3. The van der Waals surface area contributed by atoms with E-state index in [2.05, 4.69) is 40.3 Å². The zero-order chi connectivity index (χ0) is 20.5. The Hall–Kier alpha value is -2.84. The third-order valence-corrected chi connectivity index (χ3v) is 6.29. The smallest absolute Gasteiger partial charge is 0.236 e. The fourth-order valence-electron chi connectivity index (χ4n) is 3.78. The lowest BCUT2D eigenvalue weighted by molar-refractivity contribution is 0.267. The molecule has 8 heteroatoms. The Kier molecular flexibility index (Phi) is 5.18. The fraction of sp³-hybridized carbons (Fsp3) is 0.318. The average molecular weight is 424 g/mol. The molecule has 1 saturated heterocycles. The third-order valence-electron chi connectivity index (χ3n) is 5.23. The minimum atomic E-state index is -0.561. The molecule has 0 aliphatic carbocycles. The number of ether oxygens (including phenoxy) is 1. The molecule has 0 amide bonds. The first-order valence-electron chi connectivity index (χ1n) is 10.1. The molecule has 1 aliphatic heterocycles. The topological polar surface area (TPSA) is 63.2 Å². The minimum absolute atomic E-state index is 0.0248. The minimum Gasteiger partial charge on any atom is -0.474 e. The van der Waals surface area contributed by atoms with E-state index in [9.17, 15) is 4.39 Å². The number of rotatable bonds is 5. The summed E-state index contributed by atoms with van der Waals surface area (Å²) in [5, 5.41) is 4.35. The number of halogens is 1. The number of anilines is 1. The van der Waals surface area contributed by atoms with E-state index in [4.69, 9.17) is 14.7 Å². The molecular weight excluding hydrogens is 401 g/mol. The van der Waals surface area contributed by atoms with Crippen LogP contribution in [0.25, 0.3) is 31.7 Å². The highest BCUT2D eigenvalue weighted by Gasteiger charge is 2.21. The number of nitrogens with one attached hydrogen (secondary N) is 1. The summed E-state index contributed by atoms with van der Waals surface area (Å²) in [4.78, 5) is 17.5. The normalized spacial score (nSPS) is 14.5. The highest BCUT2D eigenvalue weighted by atomic mass is 32.1. The van der Waals surface area contributed by atoms with Gasteiger partial charge in [0.25, 0.3) is 0 Å². The number of aryl methyl sites for hydroxylation is 1. The molecule has 1 aliphatic rings. The molecule has 4 aromatic rings. The maximum absolute atomic E-state index is 12.8. The largest absolute Gasteiger partial charge is 0.474 e. The van der Waals surface area contributed by atoms with Crippen LogP contribution >= 0.6 is 11.3 Å². The molecule has 5 rings (SSSR count). The summed E-state index contributed by atoms with van der Waals surface area (Å²) < 4.78 is 19.4. The number of thiophene rings is 1. The van der Waals surface area contributed by atoms with Crippen molar-refractivity contribution in [3.8, 4) is 17.1 Å². The molecule has 0 spiro atoms. The fourth-order valence-corrected chi connectivity index (χ4v) is 4.91. The average Bonchev–Trinajstić information content (AvgIpc) is 3.17. The van der Waals surface area contributed by atoms with Gasteiger partial charge in [-0.25, -0.2) is 14.4 Å². The van der Waals surface area contributed by atoms with Gasteiger partial charge in [0, 0.05) is 37.1 Å². The molecule has 4 heterocycles. The van der Waals surface area contributed by atoms with Gasteiger partial charge in [-0.1, -0.05) is 30.3 Å². The van der Waals surface area contributed by atoms with Crippen molar-refractivity contribution in [3.63, 3.8) is 0 Å². The maximum Gasteiger partial charge on any atom is 0.236 e. The van der Waals surface area contributed by atoms with Gasteiger partial charge in [0.05, 0.1) is 5.69 Å². The Balaban J connectivity index is 1.70. The summed E-state index contributed by atoms with van der Waals surface area (Å²) in [6, 6.07) is 12.2. The van der Waals surface area contributed by atoms with Crippen molar-refractivity contribution in [3.05, 3.63) is 42.0 Å². The lowest BCUT2D eigenvalue weighted by Crippen LogP contribution is -2.44. The second kappa shape index (κ2) is 8.12. The predicted octanol–water partition coefficient (Wildman–Crippen LogP) is 3.97. The first-order valence-corrected chi connectivity index (χ1v) is 10.9. The van der Waals surface area contributed by atoms with E-state index < -0.39 is 6.67 Å². The number of piperazine rings is 1. The summed E-state index contributed by atoms with van der Waals surface area (Å²) >= 11 is 1.50. The zero-order valence-corrected chi connectivity index (χ0v) is 17.5. The van der Waals surface area contributed by atoms with Crippen LogP contribution in [0.5, 0.6) is 5.88 Å². The van der Waals surface area contributed by atoms with Crippen molar-refractivity contribution in [2.75, 3.05) is 44.4 Å². The molecule has 30 heavy (non-hydrogen) atoms. The monoisotopic (exact) mass is 423 g/mol. The van der Waals surface area contributed by atoms with E-state index in [0.29, 0.717) is 11.8 Å². The molecule has 0 saturated carbocycles. The summed E-state index contributed by atoms with van der Waals surface area (Å²) in [6.45, 7) is 4.91. The molecule has 0 radical (unpaired) electrons. The molecule has 0 bridgehead atoms. The van der Waals surface area contributed by atoms with Gasteiger partial charge in [-0.2, -0.15) is 4.98 Å². The molecule has 0 atom stereocenters. The summed E-state index contributed by atoms with van der Waals surface area (Å²) in [7, 11) is 0. The van der Waals surface area contributed by atoms with E-state index in [1.807, 2.05) is 18.2 Å². The van der Waals surface area contributed by atoms with Crippen LogP contribution in [0.3, 0.4) is 0 Å². The van der Waals surface area contributed by atoms with Gasteiger partial charge >= 0.3 is 0 Å². The number of hydrogen-bond acceptors (Lipinski definition) is 7. The quantitative estimate of drug-likeness (QED) is 0.524.